The molecule has 3 aromatic heterocycles. The number of rotatable bonds is 5. The van der Waals surface area contributed by atoms with Crippen molar-refractivity contribution in [3.05, 3.63) is 46.4 Å². The van der Waals surface area contributed by atoms with Crippen molar-refractivity contribution < 1.29 is 9.32 Å². The molecule has 0 spiro atoms. The molecule has 26 heavy (non-hydrogen) atoms. The second kappa shape index (κ2) is 7.33. The molecular weight excluding hydrogens is 350 g/mol. The fraction of sp³-hybridized carbons (Fsp3) is 0.389. The molecule has 0 radical (unpaired) electrons. The van der Waals surface area contributed by atoms with Gasteiger partial charge in [-0.2, -0.15) is 4.98 Å². The van der Waals surface area contributed by atoms with Gasteiger partial charge < -0.3 is 9.42 Å². The first kappa shape index (κ1) is 16.8. The van der Waals surface area contributed by atoms with E-state index < -0.39 is 0 Å². The Morgan fingerprint density at radius 1 is 1.38 bits per heavy atom. The van der Waals surface area contributed by atoms with Crippen LogP contribution in [0, 0.1) is 6.92 Å². The molecule has 0 aliphatic carbocycles. The average Bonchev–Trinajstić information content (AvgIpc) is 3.40. The van der Waals surface area contributed by atoms with Crippen LogP contribution in [0.3, 0.4) is 0 Å². The topological polar surface area (TPSA) is 85.0 Å². The molecule has 1 fully saturated rings. The van der Waals surface area contributed by atoms with Crippen molar-refractivity contribution in [2.45, 2.75) is 38.6 Å². The molecule has 3 aromatic rings. The van der Waals surface area contributed by atoms with Crippen molar-refractivity contribution in [2.75, 3.05) is 6.54 Å². The highest BCUT2D eigenvalue weighted by molar-refractivity contribution is 7.09. The van der Waals surface area contributed by atoms with Crippen LogP contribution in [-0.4, -0.2) is 37.5 Å². The van der Waals surface area contributed by atoms with E-state index in [4.69, 9.17) is 4.52 Å². The standard InChI is InChI=1S/C18H19N5O2S/c1-12-15(26-11-20-12)7-8-16(24)23-10-4-6-14(23)18-21-17(22-25-18)13-5-2-3-9-19-13/h2-3,5,9,11,14H,4,6-8,10H2,1H3/t14-/m1/s1. The summed E-state index contributed by atoms with van der Waals surface area (Å²) in [6.45, 7) is 2.71. The molecule has 0 aromatic carbocycles. The minimum Gasteiger partial charge on any atom is -0.337 e. The van der Waals surface area contributed by atoms with Crippen LogP contribution in [0.25, 0.3) is 11.5 Å². The molecular formula is C18H19N5O2S. The summed E-state index contributed by atoms with van der Waals surface area (Å²) in [6.07, 6.45) is 4.67. The van der Waals surface area contributed by atoms with Crippen LogP contribution in [0.1, 0.15) is 41.8 Å². The maximum atomic E-state index is 12.7. The molecule has 8 heteroatoms. The third-order valence-corrected chi connectivity index (χ3v) is 5.60. The first-order chi connectivity index (χ1) is 12.7. The van der Waals surface area contributed by atoms with E-state index in [9.17, 15) is 4.79 Å². The van der Waals surface area contributed by atoms with Crippen molar-refractivity contribution in [3.63, 3.8) is 0 Å². The average molecular weight is 369 g/mol. The lowest BCUT2D eigenvalue weighted by molar-refractivity contribution is -0.132. The Balaban J connectivity index is 1.45. The smallest absolute Gasteiger partial charge is 0.249 e. The fourth-order valence-electron chi connectivity index (χ4n) is 3.22. The van der Waals surface area contributed by atoms with Crippen molar-refractivity contribution >= 4 is 17.2 Å². The van der Waals surface area contributed by atoms with E-state index in [2.05, 4.69) is 20.1 Å². The fourth-order valence-corrected chi connectivity index (χ4v) is 4.00. The van der Waals surface area contributed by atoms with E-state index in [-0.39, 0.29) is 11.9 Å². The van der Waals surface area contributed by atoms with Gasteiger partial charge in [-0.25, -0.2) is 4.98 Å². The van der Waals surface area contributed by atoms with Gasteiger partial charge in [0.05, 0.1) is 11.2 Å². The third-order valence-electron chi connectivity index (χ3n) is 4.60. The number of pyridine rings is 1. The molecule has 0 unspecified atom stereocenters. The highest BCUT2D eigenvalue weighted by atomic mass is 32.1. The zero-order valence-corrected chi connectivity index (χ0v) is 15.3. The number of hydrogen-bond acceptors (Lipinski definition) is 7. The van der Waals surface area contributed by atoms with Gasteiger partial charge in [0.2, 0.25) is 17.6 Å². The number of carbonyl (C=O) groups is 1. The highest BCUT2D eigenvalue weighted by Crippen LogP contribution is 2.32. The summed E-state index contributed by atoms with van der Waals surface area (Å²) in [5, 5.41) is 4.03. The number of aromatic nitrogens is 4. The maximum absolute atomic E-state index is 12.7. The second-order valence-corrected chi connectivity index (χ2v) is 7.22. The zero-order chi connectivity index (χ0) is 17.9. The molecule has 1 aliphatic rings. The lowest BCUT2D eigenvalue weighted by Crippen LogP contribution is -2.30. The summed E-state index contributed by atoms with van der Waals surface area (Å²) in [5.41, 5.74) is 3.50. The van der Waals surface area contributed by atoms with Crippen molar-refractivity contribution in [3.8, 4) is 11.5 Å². The number of likely N-dealkylation sites (tertiary alicyclic amines) is 1. The van der Waals surface area contributed by atoms with Crippen molar-refractivity contribution in [1.82, 2.24) is 25.0 Å². The van der Waals surface area contributed by atoms with Crippen LogP contribution >= 0.6 is 11.3 Å². The SMILES string of the molecule is Cc1ncsc1CCC(=O)N1CCC[C@@H]1c1nc(-c2ccccn2)no1. The van der Waals surface area contributed by atoms with E-state index in [1.165, 1.54) is 4.88 Å². The van der Waals surface area contributed by atoms with Crippen LogP contribution < -0.4 is 0 Å². The Hall–Kier alpha value is -2.61. The lowest BCUT2D eigenvalue weighted by atomic mass is 10.2. The second-order valence-electron chi connectivity index (χ2n) is 6.28. The molecule has 1 amide bonds. The van der Waals surface area contributed by atoms with E-state index in [0.717, 1.165) is 31.5 Å². The molecule has 134 valence electrons. The Kier molecular flexibility index (Phi) is 4.75. The highest BCUT2D eigenvalue weighted by Gasteiger charge is 2.34. The molecule has 0 N–H and O–H groups in total. The largest absolute Gasteiger partial charge is 0.337 e. The van der Waals surface area contributed by atoms with Gasteiger partial charge in [-0.1, -0.05) is 11.2 Å². The van der Waals surface area contributed by atoms with E-state index in [1.54, 1.807) is 17.5 Å². The van der Waals surface area contributed by atoms with Gasteiger partial charge in [-0.15, -0.1) is 11.3 Å². The zero-order valence-electron chi connectivity index (χ0n) is 14.5. The van der Waals surface area contributed by atoms with Gasteiger partial charge in [-0.05, 0) is 38.3 Å². The first-order valence-corrected chi connectivity index (χ1v) is 9.54. The van der Waals surface area contributed by atoms with Crippen molar-refractivity contribution in [2.24, 2.45) is 0 Å². The summed E-state index contributed by atoms with van der Waals surface area (Å²) in [4.78, 5) is 28.7. The Labute approximate surface area is 155 Å². The van der Waals surface area contributed by atoms with E-state index >= 15 is 0 Å². The summed E-state index contributed by atoms with van der Waals surface area (Å²) in [6, 6.07) is 5.41. The Morgan fingerprint density at radius 2 is 2.31 bits per heavy atom. The number of aryl methyl sites for hydroxylation is 2. The minimum absolute atomic E-state index is 0.123. The van der Waals surface area contributed by atoms with Gasteiger partial charge >= 0.3 is 0 Å². The number of amides is 1. The summed E-state index contributed by atoms with van der Waals surface area (Å²) < 4.78 is 5.45. The van der Waals surface area contributed by atoms with Crippen LogP contribution in [0.5, 0.6) is 0 Å². The summed E-state index contributed by atoms with van der Waals surface area (Å²) >= 11 is 1.60. The molecule has 1 atom stereocenters. The third kappa shape index (κ3) is 3.37. The number of thiazole rings is 1. The number of hydrogen-bond donors (Lipinski definition) is 0. The minimum atomic E-state index is -0.144. The van der Waals surface area contributed by atoms with Crippen molar-refractivity contribution in [1.29, 1.82) is 0 Å². The molecule has 0 bridgehead atoms. The van der Waals surface area contributed by atoms with E-state index in [1.807, 2.05) is 35.5 Å². The van der Waals surface area contributed by atoms with Crippen LogP contribution in [-0.2, 0) is 11.2 Å². The monoisotopic (exact) mass is 369 g/mol. The van der Waals surface area contributed by atoms with Gasteiger partial charge in [-0.3, -0.25) is 9.78 Å². The normalized spacial score (nSPS) is 17.0. The predicted octanol–water partition coefficient (Wildman–Crippen LogP) is 3.19. The molecule has 7 nitrogen and oxygen atoms in total. The van der Waals surface area contributed by atoms with Gasteiger partial charge in [0.25, 0.3) is 0 Å². The molecule has 4 rings (SSSR count). The Bertz CT molecular complexity index is 892. The van der Waals surface area contributed by atoms with Crippen LogP contribution in [0.2, 0.25) is 0 Å². The first-order valence-electron chi connectivity index (χ1n) is 8.66. The van der Waals surface area contributed by atoms with Gasteiger partial charge in [0, 0.05) is 24.0 Å². The molecule has 1 saturated heterocycles. The van der Waals surface area contributed by atoms with Crippen LogP contribution in [0.15, 0.2) is 34.4 Å². The maximum Gasteiger partial charge on any atom is 0.249 e. The molecule has 1 aliphatic heterocycles. The lowest BCUT2D eigenvalue weighted by Gasteiger charge is -2.21. The van der Waals surface area contributed by atoms with E-state index in [0.29, 0.717) is 23.8 Å². The molecule has 4 heterocycles. The number of carbonyl (C=O) groups excluding carboxylic acids is 1. The van der Waals surface area contributed by atoms with Crippen LogP contribution in [0.4, 0.5) is 0 Å². The van der Waals surface area contributed by atoms with Gasteiger partial charge in [0.1, 0.15) is 11.7 Å². The quantitative estimate of drug-likeness (QED) is 0.687. The number of nitrogens with zero attached hydrogens (tertiary/aromatic N) is 5. The summed E-state index contributed by atoms with van der Waals surface area (Å²) in [5.74, 6) is 1.07. The molecule has 0 saturated carbocycles. The van der Waals surface area contributed by atoms with Gasteiger partial charge in [0.15, 0.2) is 0 Å². The Morgan fingerprint density at radius 3 is 3.08 bits per heavy atom. The predicted molar refractivity (Wildman–Crippen MR) is 96.4 cm³/mol. The summed E-state index contributed by atoms with van der Waals surface area (Å²) in [7, 11) is 0.